The molecule has 0 aliphatic heterocycles. The molecule has 8 heteroatoms. The van der Waals surface area contributed by atoms with Gasteiger partial charge in [0.25, 0.3) is 0 Å². The lowest BCUT2D eigenvalue weighted by atomic mass is 10.2. The van der Waals surface area contributed by atoms with E-state index in [4.69, 9.17) is 16.7 Å². The van der Waals surface area contributed by atoms with E-state index in [-0.39, 0.29) is 16.3 Å². The van der Waals surface area contributed by atoms with Crippen LogP contribution in [0.1, 0.15) is 17.3 Å². The number of nitrogens with zero attached hydrogens (tertiary/aromatic N) is 2. The molecular formula is C11H10ClN3O3S. The fourth-order valence-electron chi connectivity index (χ4n) is 1.56. The summed E-state index contributed by atoms with van der Waals surface area (Å²) < 4.78 is 1.41. The molecule has 2 N–H and O–H groups in total. The van der Waals surface area contributed by atoms with Crippen LogP contribution in [0.2, 0.25) is 5.02 Å². The molecule has 0 fully saturated rings. The molecule has 0 spiro atoms. The van der Waals surface area contributed by atoms with Gasteiger partial charge in [0.05, 0.1) is 10.6 Å². The van der Waals surface area contributed by atoms with Crippen molar-refractivity contribution in [1.82, 2.24) is 14.8 Å². The highest BCUT2D eigenvalue weighted by molar-refractivity contribution is 7.99. The lowest BCUT2D eigenvalue weighted by molar-refractivity contribution is 0.0693. The smallest absolute Gasteiger partial charge is 0.343 e. The number of aromatic nitrogens is 3. The number of nitrogens with one attached hydrogen (secondary N) is 1. The highest BCUT2D eigenvalue weighted by atomic mass is 35.5. The van der Waals surface area contributed by atoms with Crippen LogP contribution < -0.4 is 5.69 Å². The van der Waals surface area contributed by atoms with Crippen LogP contribution in [-0.4, -0.2) is 25.8 Å². The van der Waals surface area contributed by atoms with Crippen molar-refractivity contribution in [2.24, 2.45) is 0 Å². The number of carbonyl (C=O) groups is 1. The van der Waals surface area contributed by atoms with Gasteiger partial charge in [-0.1, -0.05) is 17.7 Å². The first kappa shape index (κ1) is 13.7. The molecule has 0 aliphatic rings. The van der Waals surface area contributed by atoms with Crippen molar-refractivity contribution in [2.45, 2.75) is 23.5 Å². The number of H-pyrrole nitrogens is 1. The predicted octanol–water partition coefficient (Wildman–Crippen LogP) is 2.09. The third-order valence-corrected chi connectivity index (χ3v) is 3.80. The van der Waals surface area contributed by atoms with Crippen LogP contribution >= 0.6 is 23.4 Å². The molecular weight excluding hydrogens is 290 g/mol. The molecule has 1 aromatic heterocycles. The summed E-state index contributed by atoms with van der Waals surface area (Å²) in [5.41, 5.74) is -0.323. The first-order valence-corrected chi connectivity index (χ1v) is 6.59. The van der Waals surface area contributed by atoms with Crippen molar-refractivity contribution in [3.05, 3.63) is 39.3 Å². The van der Waals surface area contributed by atoms with Crippen LogP contribution in [0.5, 0.6) is 0 Å². The van der Waals surface area contributed by atoms with Crippen LogP contribution in [0.15, 0.2) is 33.0 Å². The molecule has 0 unspecified atom stereocenters. The van der Waals surface area contributed by atoms with Crippen molar-refractivity contribution in [3.8, 4) is 0 Å². The molecule has 0 aliphatic carbocycles. The molecule has 19 heavy (non-hydrogen) atoms. The standard InChI is InChI=1S/C11H10ClN3O3S/c1-2-15-10(18)13-14-11(15)19-7-5-3-4-6(12)8(7)9(16)17/h3-5H,2H2,1H3,(H,13,18)(H,16,17). The minimum absolute atomic E-state index is 0.00673. The third-order valence-electron chi connectivity index (χ3n) is 2.43. The van der Waals surface area contributed by atoms with E-state index in [0.29, 0.717) is 16.6 Å². The Morgan fingerprint density at radius 3 is 2.95 bits per heavy atom. The van der Waals surface area contributed by atoms with Gasteiger partial charge in [0.2, 0.25) is 0 Å². The largest absolute Gasteiger partial charge is 0.478 e. The molecule has 0 bridgehead atoms. The van der Waals surface area contributed by atoms with Gasteiger partial charge in [0, 0.05) is 11.4 Å². The summed E-state index contributed by atoms with van der Waals surface area (Å²) in [5.74, 6) is -1.12. The minimum atomic E-state index is -1.12. The Kier molecular flexibility index (Phi) is 3.96. The molecule has 0 atom stereocenters. The first-order valence-electron chi connectivity index (χ1n) is 5.39. The topological polar surface area (TPSA) is 88.0 Å². The maximum Gasteiger partial charge on any atom is 0.343 e. The highest BCUT2D eigenvalue weighted by Gasteiger charge is 2.17. The zero-order chi connectivity index (χ0) is 14.0. The second-order valence-electron chi connectivity index (χ2n) is 3.58. The van der Waals surface area contributed by atoms with Gasteiger partial charge in [0.1, 0.15) is 0 Å². The van der Waals surface area contributed by atoms with Crippen molar-refractivity contribution < 1.29 is 9.90 Å². The maximum atomic E-state index is 11.4. The van der Waals surface area contributed by atoms with Crippen molar-refractivity contribution in [2.75, 3.05) is 0 Å². The van der Waals surface area contributed by atoms with Crippen LogP contribution in [0.25, 0.3) is 0 Å². The van der Waals surface area contributed by atoms with Gasteiger partial charge in [-0.3, -0.25) is 4.57 Å². The van der Waals surface area contributed by atoms with Crippen LogP contribution in [-0.2, 0) is 6.54 Å². The average molecular weight is 300 g/mol. The van der Waals surface area contributed by atoms with E-state index in [1.165, 1.54) is 10.6 Å². The average Bonchev–Trinajstić information content (AvgIpc) is 2.69. The number of aromatic carboxylic acids is 1. The summed E-state index contributed by atoms with van der Waals surface area (Å²) in [4.78, 5) is 23.1. The Bertz CT molecular complexity index is 680. The second-order valence-corrected chi connectivity index (χ2v) is 4.99. The number of aromatic amines is 1. The van der Waals surface area contributed by atoms with E-state index in [1.807, 2.05) is 0 Å². The van der Waals surface area contributed by atoms with E-state index in [9.17, 15) is 9.59 Å². The molecule has 0 radical (unpaired) electrons. The molecule has 2 aromatic rings. The molecule has 2 rings (SSSR count). The third kappa shape index (κ3) is 2.66. The summed E-state index contributed by atoms with van der Waals surface area (Å²) in [7, 11) is 0. The van der Waals surface area contributed by atoms with Gasteiger partial charge in [-0.25, -0.2) is 14.7 Å². The van der Waals surface area contributed by atoms with E-state index in [2.05, 4.69) is 10.2 Å². The summed E-state index contributed by atoms with van der Waals surface area (Å²) in [6, 6.07) is 4.78. The monoisotopic (exact) mass is 299 g/mol. The lowest BCUT2D eigenvalue weighted by Gasteiger charge is -2.07. The minimum Gasteiger partial charge on any atom is -0.478 e. The zero-order valence-electron chi connectivity index (χ0n) is 9.88. The normalized spacial score (nSPS) is 10.6. The Balaban J connectivity index is 2.47. The van der Waals surface area contributed by atoms with Crippen LogP contribution in [0.3, 0.4) is 0 Å². The Hall–Kier alpha value is -1.73. The number of hydrogen-bond acceptors (Lipinski definition) is 4. The molecule has 6 nitrogen and oxygen atoms in total. The molecule has 1 aromatic carbocycles. The van der Waals surface area contributed by atoms with Crippen LogP contribution in [0, 0.1) is 0 Å². The first-order chi connectivity index (χ1) is 9.04. The highest BCUT2D eigenvalue weighted by Crippen LogP contribution is 2.32. The number of hydrogen-bond donors (Lipinski definition) is 2. The van der Waals surface area contributed by atoms with E-state index >= 15 is 0 Å². The number of benzene rings is 1. The lowest BCUT2D eigenvalue weighted by Crippen LogP contribution is -2.16. The Labute approximate surface area is 117 Å². The number of halogens is 1. The number of carboxylic acid groups (broad SMARTS) is 1. The quantitative estimate of drug-likeness (QED) is 0.902. The zero-order valence-corrected chi connectivity index (χ0v) is 11.5. The summed E-state index contributed by atoms with van der Waals surface area (Å²) >= 11 is 6.96. The van der Waals surface area contributed by atoms with Crippen molar-refractivity contribution >= 4 is 29.3 Å². The van der Waals surface area contributed by atoms with Gasteiger partial charge in [-0.05, 0) is 30.8 Å². The fourth-order valence-corrected chi connectivity index (χ4v) is 2.92. The van der Waals surface area contributed by atoms with E-state index < -0.39 is 5.97 Å². The van der Waals surface area contributed by atoms with Crippen molar-refractivity contribution in [3.63, 3.8) is 0 Å². The van der Waals surface area contributed by atoms with E-state index in [1.54, 1.807) is 19.1 Å². The number of rotatable bonds is 4. The fraction of sp³-hybridized carbons (Fsp3) is 0.182. The summed E-state index contributed by atoms with van der Waals surface area (Å²) in [6.07, 6.45) is 0. The predicted molar refractivity (Wildman–Crippen MR) is 71.1 cm³/mol. The molecule has 1 heterocycles. The maximum absolute atomic E-state index is 11.4. The summed E-state index contributed by atoms with van der Waals surface area (Å²) in [6.45, 7) is 2.25. The Morgan fingerprint density at radius 2 is 2.32 bits per heavy atom. The van der Waals surface area contributed by atoms with Gasteiger partial charge in [0.15, 0.2) is 5.16 Å². The molecule has 0 saturated heterocycles. The molecule has 0 saturated carbocycles. The second kappa shape index (κ2) is 5.50. The van der Waals surface area contributed by atoms with Gasteiger partial charge in [-0.15, -0.1) is 5.10 Å². The van der Waals surface area contributed by atoms with Gasteiger partial charge in [-0.2, -0.15) is 0 Å². The number of carboxylic acids is 1. The molecule has 100 valence electrons. The van der Waals surface area contributed by atoms with Crippen molar-refractivity contribution in [1.29, 1.82) is 0 Å². The van der Waals surface area contributed by atoms with E-state index in [0.717, 1.165) is 11.8 Å². The van der Waals surface area contributed by atoms with Gasteiger partial charge >= 0.3 is 11.7 Å². The SMILES string of the molecule is CCn1c(Sc2cccc(Cl)c2C(=O)O)n[nH]c1=O. The summed E-state index contributed by atoms with van der Waals surface area (Å²) in [5, 5.41) is 15.9. The Morgan fingerprint density at radius 1 is 1.58 bits per heavy atom. The van der Waals surface area contributed by atoms with Gasteiger partial charge < -0.3 is 5.11 Å². The van der Waals surface area contributed by atoms with Crippen LogP contribution in [0.4, 0.5) is 0 Å². The molecule has 0 amide bonds.